The maximum atomic E-state index is 12.1. The number of anilines is 1. The topological polar surface area (TPSA) is 72.7 Å². The molecule has 1 heterocycles. The lowest BCUT2D eigenvalue weighted by atomic mass is 10.2. The molecule has 1 N–H and O–H groups in total. The van der Waals surface area contributed by atoms with Crippen molar-refractivity contribution in [2.45, 2.75) is 13.5 Å². The monoisotopic (exact) mass is 361 g/mol. The first-order valence-corrected chi connectivity index (χ1v) is 7.86. The third-order valence-electron chi connectivity index (χ3n) is 3.30. The van der Waals surface area contributed by atoms with Crippen molar-refractivity contribution >= 4 is 34.8 Å². The summed E-state index contributed by atoms with van der Waals surface area (Å²) in [7, 11) is 0. The fourth-order valence-electron chi connectivity index (χ4n) is 2.11. The molecule has 1 amide bonds. The molecule has 3 aromatic rings. The number of halogens is 2. The van der Waals surface area contributed by atoms with Gasteiger partial charge >= 0.3 is 0 Å². The van der Waals surface area contributed by atoms with Gasteiger partial charge in [0.05, 0.1) is 0 Å². The van der Waals surface area contributed by atoms with E-state index in [1.807, 2.05) is 6.92 Å². The molecular weight excluding hydrogens is 349 g/mol. The standard InChI is InChI=1S/C16H13Cl2N5O/c1-10-8-13(18)6-7-14(10)19-15(24)9-23-21-16(20-22-23)11-2-4-12(17)5-3-11/h2-8H,9H2,1H3,(H,19,24). The summed E-state index contributed by atoms with van der Waals surface area (Å²) in [4.78, 5) is 13.4. The molecule has 0 saturated carbocycles. The molecule has 0 saturated heterocycles. The number of carbonyl (C=O) groups excluding carboxylic acids is 1. The van der Waals surface area contributed by atoms with E-state index in [0.717, 1.165) is 11.1 Å². The van der Waals surface area contributed by atoms with Gasteiger partial charge in [-0.25, -0.2) is 0 Å². The molecule has 3 rings (SSSR count). The van der Waals surface area contributed by atoms with Crippen molar-refractivity contribution in [3.63, 3.8) is 0 Å². The number of benzene rings is 2. The van der Waals surface area contributed by atoms with Gasteiger partial charge in [0.1, 0.15) is 6.54 Å². The zero-order valence-corrected chi connectivity index (χ0v) is 14.2. The molecular formula is C16H13Cl2N5O. The second-order valence-electron chi connectivity index (χ2n) is 5.16. The lowest BCUT2D eigenvalue weighted by Gasteiger charge is -2.07. The van der Waals surface area contributed by atoms with E-state index in [1.54, 1.807) is 42.5 Å². The fourth-order valence-corrected chi connectivity index (χ4v) is 2.46. The average molecular weight is 362 g/mol. The first-order valence-electron chi connectivity index (χ1n) is 7.11. The van der Waals surface area contributed by atoms with Crippen LogP contribution in [0.2, 0.25) is 10.0 Å². The van der Waals surface area contributed by atoms with Crippen LogP contribution in [0.25, 0.3) is 11.4 Å². The van der Waals surface area contributed by atoms with E-state index in [0.29, 0.717) is 21.6 Å². The number of aromatic nitrogens is 4. The summed E-state index contributed by atoms with van der Waals surface area (Å²) in [5.41, 5.74) is 2.35. The number of hydrogen-bond acceptors (Lipinski definition) is 4. The lowest BCUT2D eigenvalue weighted by molar-refractivity contribution is -0.117. The van der Waals surface area contributed by atoms with Gasteiger partial charge in [0.25, 0.3) is 0 Å². The third-order valence-corrected chi connectivity index (χ3v) is 3.79. The van der Waals surface area contributed by atoms with Crippen LogP contribution >= 0.6 is 23.2 Å². The van der Waals surface area contributed by atoms with E-state index in [1.165, 1.54) is 4.80 Å². The summed E-state index contributed by atoms with van der Waals surface area (Å²) >= 11 is 11.8. The molecule has 8 heteroatoms. The van der Waals surface area contributed by atoms with Crippen molar-refractivity contribution in [2.24, 2.45) is 0 Å². The minimum absolute atomic E-state index is 0.0390. The van der Waals surface area contributed by atoms with E-state index in [4.69, 9.17) is 23.2 Å². The summed E-state index contributed by atoms with van der Waals surface area (Å²) in [6.07, 6.45) is 0. The zero-order chi connectivity index (χ0) is 17.1. The van der Waals surface area contributed by atoms with Gasteiger partial charge in [0.15, 0.2) is 0 Å². The number of carbonyl (C=O) groups is 1. The molecule has 0 bridgehead atoms. The predicted octanol–water partition coefficient (Wildman–Crippen LogP) is 3.59. The highest BCUT2D eigenvalue weighted by Gasteiger charge is 2.10. The zero-order valence-electron chi connectivity index (χ0n) is 12.7. The molecule has 24 heavy (non-hydrogen) atoms. The lowest BCUT2D eigenvalue weighted by Crippen LogP contribution is -2.20. The van der Waals surface area contributed by atoms with Crippen LogP contribution in [0.15, 0.2) is 42.5 Å². The number of hydrogen-bond donors (Lipinski definition) is 1. The van der Waals surface area contributed by atoms with Gasteiger partial charge in [-0.15, -0.1) is 10.2 Å². The minimum atomic E-state index is -0.250. The van der Waals surface area contributed by atoms with E-state index >= 15 is 0 Å². The maximum absolute atomic E-state index is 12.1. The van der Waals surface area contributed by atoms with E-state index in [9.17, 15) is 4.79 Å². The largest absolute Gasteiger partial charge is 0.324 e. The summed E-state index contributed by atoms with van der Waals surface area (Å²) in [6.45, 7) is 1.83. The van der Waals surface area contributed by atoms with Crippen molar-refractivity contribution < 1.29 is 4.79 Å². The van der Waals surface area contributed by atoms with Gasteiger partial charge in [-0.05, 0) is 60.2 Å². The fraction of sp³-hybridized carbons (Fsp3) is 0.125. The number of tetrazole rings is 1. The second kappa shape index (κ2) is 6.98. The molecule has 0 unspecified atom stereocenters. The SMILES string of the molecule is Cc1cc(Cl)ccc1NC(=O)Cn1nnc(-c2ccc(Cl)cc2)n1. The highest BCUT2D eigenvalue weighted by atomic mass is 35.5. The Morgan fingerprint density at radius 3 is 2.54 bits per heavy atom. The molecule has 2 aromatic carbocycles. The maximum Gasteiger partial charge on any atom is 0.248 e. The van der Waals surface area contributed by atoms with Crippen LogP contribution in [0, 0.1) is 6.92 Å². The Morgan fingerprint density at radius 2 is 1.83 bits per heavy atom. The van der Waals surface area contributed by atoms with Crippen LogP contribution in [0.3, 0.4) is 0 Å². The Kier molecular flexibility index (Phi) is 4.78. The Morgan fingerprint density at radius 1 is 1.12 bits per heavy atom. The normalized spacial score (nSPS) is 10.6. The van der Waals surface area contributed by atoms with Gasteiger partial charge in [0.2, 0.25) is 11.7 Å². The third kappa shape index (κ3) is 3.90. The number of nitrogens with zero attached hydrogens (tertiary/aromatic N) is 4. The van der Waals surface area contributed by atoms with Crippen molar-refractivity contribution in [2.75, 3.05) is 5.32 Å². The smallest absolute Gasteiger partial charge is 0.248 e. The van der Waals surface area contributed by atoms with Crippen LogP contribution in [0.4, 0.5) is 5.69 Å². The molecule has 0 spiro atoms. The van der Waals surface area contributed by atoms with Gasteiger partial charge in [-0.2, -0.15) is 4.80 Å². The van der Waals surface area contributed by atoms with Gasteiger partial charge in [-0.3, -0.25) is 4.79 Å². The van der Waals surface area contributed by atoms with Crippen LogP contribution in [-0.2, 0) is 11.3 Å². The van der Waals surface area contributed by atoms with Crippen molar-refractivity contribution in [3.05, 3.63) is 58.1 Å². The Hall–Kier alpha value is -2.44. The average Bonchev–Trinajstić information content (AvgIpc) is 2.99. The summed E-state index contributed by atoms with van der Waals surface area (Å²) < 4.78 is 0. The highest BCUT2D eigenvalue weighted by molar-refractivity contribution is 6.31. The van der Waals surface area contributed by atoms with Crippen molar-refractivity contribution in [3.8, 4) is 11.4 Å². The van der Waals surface area contributed by atoms with Gasteiger partial charge < -0.3 is 5.32 Å². The number of amides is 1. The summed E-state index contributed by atoms with van der Waals surface area (Å²) in [5.74, 6) is 0.183. The quantitative estimate of drug-likeness (QED) is 0.770. The Bertz CT molecular complexity index is 876. The first kappa shape index (κ1) is 16.4. The molecule has 122 valence electrons. The number of aryl methyl sites for hydroxylation is 1. The number of rotatable bonds is 4. The van der Waals surface area contributed by atoms with Gasteiger partial charge in [0, 0.05) is 21.3 Å². The van der Waals surface area contributed by atoms with Crippen LogP contribution in [0.5, 0.6) is 0 Å². The van der Waals surface area contributed by atoms with Crippen LogP contribution < -0.4 is 5.32 Å². The first-order chi connectivity index (χ1) is 11.5. The molecule has 0 aliphatic carbocycles. The molecule has 1 aromatic heterocycles. The molecule has 0 atom stereocenters. The predicted molar refractivity (Wildman–Crippen MR) is 93.1 cm³/mol. The van der Waals surface area contributed by atoms with E-state index < -0.39 is 0 Å². The second-order valence-corrected chi connectivity index (χ2v) is 6.03. The molecule has 0 fully saturated rings. The Labute approximate surface area is 148 Å². The highest BCUT2D eigenvalue weighted by Crippen LogP contribution is 2.20. The minimum Gasteiger partial charge on any atom is -0.324 e. The number of nitrogens with one attached hydrogen (secondary N) is 1. The molecule has 0 radical (unpaired) electrons. The van der Waals surface area contributed by atoms with E-state index in [2.05, 4.69) is 20.7 Å². The van der Waals surface area contributed by atoms with Gasteiger partial charge in [-0.1, -0.05) is 23.2 Å². The van der Waals surface area contributed by atoms with E-state index in [-0.39, 0.29) is 12.5 Å². The Balaban J connectivity index is 1.68. The molecule has 0 aliphatic heterocycles. The van der Waals surface area contributed by atoms with Crippen LogP contribution in [0.1, 0.15) is 5.56 Å². The molecule has 6 nitrogen and oxygen atoms in total. The van der Waals surface area contributed by atoms with Crippen molar-refractivity contribution in [1.29, 1.82) is 0 Å². The summed E-state index contributed by atoms with van der Waals surface area (Å²) in [5, 5.41) is 16.1. The summed E-state index contributed by atoms with van der Waals surface area (Å²) in [6, 6.07) is 12.3. The molecule has 0 aliphatic rings. The van der Waals surface area contributed by atoms with Crippen molar-refractivity contribution in [1.82, 2.24) is 20.2 Å². The van der Waals surface area contributed by atoms with Crippen LogP contribution in [-0.4, -0.2) is 26.1 Å².